The molecule has 6 atom stereocenters. The van der Waals surface area contributed by atoms with E-state index in [4.69, 9.17) is 22.1 Å². The van der Waals surface area contributed by atoms with Crippen LogP contribution in [-0.2, 0) is 14.2 Å². The number of hydrogen-bond donors (Lipinski definition) is 1. The van der Waals surface area contributed by atoms with E-state index in [1.807, 2.05) is 12.2 Å². The molecule has 0 bridgehead atoms. The van der Waals surface area contributed by atoms with Gasteiger partial charge in [0.2, 0.25) is 0 Å². The summed E-state index contributed by atoms with van der Waals surface area (Å²) in [5.74, 6) is 0.554. The van der Waals surface area contributed by atoms with E-state index in [1.165, 1.54) is 0 Å². The molecule has 2 unspecified atom stereocenters. The average Bonchev–Trinajstić information content (AvgIpc) is 2.81. The van der Waals surface area contributed by atoms with E-state index in [9.17, 15) is 5.11 Å². The maximum atomic E-state index is 9.50. The Labute approximate surface area is 103 Å². The third-order valence-corrected chi connectivity index (χ3v) is 3.77. The summed E-state index contributed by atoms with van der Waals surface area (Å²) in [6.07, 6.45) is 4.98. The van der Waals surface area contributed by atoms with Crippen LogP contribution in [0, 0.1) is 11.8 Å². The Morgan fingerprint density at radius 1 is 1.41 bits per heavy atom. The first-order valence-electron chi connectivity index (χ1n) is 5.98. The van der Waals surface area contributed by atoms with Crippen molar-refractivity contribution in [1.29, 1.82) is 0 Å². The second-order valence-electron chi connectivity index (χ2n) is 4.70. The van der Waals surface area contributed by atoms with Crippen molar-refractivity contribution in [1.82, 2.24) is 0 Å². The highest BCUT2D eigenvalue weighted by Gasteiger charge is 2.48. The lowest BCUT2D eigenvalue weighted by Crippen LogP contribution is -2.21. The second-order valence-corrected chi connectivity index (χ2v) is 4.70. The molecule has 5 heteroatoms. The zero-order valence-corrected chi connectivity index (χ0v) is 10.3. The van der Waals surface area contributed by atoms with Crippen LogP contribution in [0.5, 0.6) is 0 Å². The third-order valence-electron chi connectivity index (χ3n) is 3.77. The fourth-order valence-corrected chi connectivity index (χ4v) is 2.88. The van der Waals surface area contributed by atoms with Crippen LogP contribution in [0.15, 0.2) is 12.2 Å². The van der Waals surface area contributed by atoms with Gasteiger partial charge in [0.1, 0.15) is 7.85 Å². The molecule has 0 aromatic heterocycles. The summed E-state index contributed by atoms with van der Waals surface area (Å²) in [7, 11) is 8.95. The van der Waals surface area contributed by atoms with Gasteiger partial charge in [0.15, 0.2) is 6.29 Å². The lowest BCUT2D eigenvalue weighted by molar-refractivity contribution is -0.0964. The van der Waals surface area contributed by atoms with Gasteiger partial charge >= 0.3 is 0 Å². The van der Waals surface area contributed by atoms with Crippen LogP contribution in [0.2, 0.25) is 0 Å². The fourth-order valence-electron chi connectivity index (χ4n) is 2.88. The highest BCUT2D eigenvalue weighted by Crippen LogP contribution is 2.44. The number of rotatable bonds is 4. The molecule has 2 fully saturated rings. The number of methoxy groups -OCH3 is 2. The van der Waals surface area contributed by atoms with Gasteiger partial charge in [-0.15, -0.1) is 0 Å². The van der Waals surface area contributed by atoms with Crippen molar-refractivity contribution < 1.29 is 19.3 Å². The molecular weight excluding hydrogens is 219 g/mol. The zero-order chi connectivity index (χ0) is 12.4. The van der Waals surface area contributed by atoms with Crippen molar-refractivity contribution in [2.75, 3.05) is 14.2 Å². The van der Waals surface area contributed by atoms with Gasteiger partial charge in [-0.05, 0) is 5.92 Å². The van der Waals surface area contributed by atoms with Gasteiger partial charge < -0.3 is 19.3 Å². The Morgan fingerprint density at radius 3 is 2.82 bits per heavy atom. The van der Waals surface area contributed by atoms with Crippen molar-refractivity contribution in [2.24, 2.45) is 11.8 Å². The SMILES string of the molecule is [B]C(/C=C/[C@@H]1[C@H]2CC(O)O[C@H]2C[C@H]1OC)OC. The average molecular weight is 238 g/mol. The topological polar surface area (TPSA) is 47.9 Å². The van der Waals surface area contributed by atoms with Gasteiger partial charge in [0, 0.05) is 39.0 Å². The third kappa shape index (κ3) is 2.73. The largest absolute Gasteiger partial charge is 0.387 e. The van der Waals surface area contributed by atoms with Crippen LogP contribution >= 0.6 is 0 Å². The Bertz CT molecular complexity index is 284. The van der Waals surface area contributed by atoms with E-state index in [-0.39, 0.29) is 24.1 Å². The minimum atomic E-state index is -0.630. The summed E-state index contributed by atoms with van der Waals surface area (Å²) in [5, 5.41) is 9.50. The van der Waals surface area contributed by atoms with E-state index >= 15 is 0 Å². The molecule has 1 N–H and O–H groups in total. The number of hydrogen-bond acceptors (Lipinski definition) is 4. The second kappa shape index (κ2) is 5.52. The Kier molecular flexibility index (Phi) is 4.25. The first kappa shape index (κ1) is 13.1. The van der Waals surface area contributed by atoms with Crippen molar-refractivity contribution in [3.8, 4) is 0 Å². The van der Waals surface area contributed by atoms with Crippen LogP contribution < -0.4 is 0 Å². The van der Waals surface area contributed by atoms with E-state index in [2.05, 4.69) is 0 Å². The van der Waals surface area contributed by atoms with Crippen molar-refractivity contribution in [2.45, 2.75) is 37.3 Å². The van der Waals surface area contributed by atoms with Crippen LogP contribution in [0.25, 0.3) is 0 Å². The minimum Gasteiger partial charge on any atom is -0.387 e. The van der Waals surface area contributed by atoms with E-state index in [0.717, 1.165) is 6.42 Å². The molecule has 1 saturated carbocycles. The molecule has 0 aromatic rings. The molecule has 94 valence electrons. The molecule has 1 aliphatic carbocycles. The van der Waals surface area contributed by atoms with Crippen molar-refractivity contribution in [3.63, 3.8) is 0 Å². The van der Waals surface area contributed by atoms with Crippen LogP contribution in [0.4, 0.5) is 0 Å². The summed E-state index contributed by atoms with van der Waals surface area (Å²) in [5.41, 5.74) is 0. The first-order valence-corrected chi connectivity index (χ1v) is 5.98. The lowest BCUT2D eigenvalue weighted by atomic mass is 9.89. The monoisotopic (exact) mass is 238 g/mol. The van der Waals surface area contributed by atoms with Gasteiger partial charge in [-0.25, -0.2) is 0 Å². The highest BCUT2D eigenvalue weighted by atomic mass is 16.6. The molecule has 2 rings (SSSR count). The van der Waals surface area contributed by atoms with Gasteiger partial charge in [0.05, 0.1) is 12.2 Å². The van der Waals surface area contributed by atoms with Gasteiger partial charge in [-0.2, -0.15) is 0 Å². The zero-order valence-electron chi connectivity index (χ0n) is 10.3. The lowest BCUT2D eigenvalue weighted by Gasteiger charge is -2.19. The quantitative estimate of drug-likeness (QED) is 0.570. The molecule has 1 saturated heterocycles. The van der Waals surface area contributed by atoms with Crippen LogP contribution in [0.3, 0.4) is 0 Å². The molecule has 2 radical (unpaired) electrons. The van der Waals surface area contributed by atoms with E-state index in [1.54, 1.807) is 14.2 Å². The Hall–Kier alpha value is -0.355. The summed E-state index contributed by atoms with van der Waals surface area (Å²) < 4.78 is 15.9. The highest BCUT2D eigenvalue weighted by molar-refractivity contribution is 6.12. The van der Waals surface area contributed by atoms with Crippen molar-refractivity contribution >= 4 is 7.85 Å². The summed E-state index contributed by atoms with van der Waals surface area (Å²) >= 11 is 0. The van der Waals surface area contributed by atoms with Crippen LogP contribution in [0.1, 0.15) is 12.8 Å². The number of aliphatic hydroxyl groups excluding tert-OH is 1. The van der Waals surface area contributed by atoms with E-state index in [0.29, 0.717) is 12.3 Å². The maximum absolute atomic E-state index is 9.50. The molecule has 4 nitrogen and oxygen atoms in total. The van der Waals surface area contributed by atoms with E-state index < -0.39 is 6.29 Å². The molecular formula is C12H19BO4. The Balaban J connectivity index is 2.04. The van der Waals surface area contributed by atoms with Crippen molar-refractivity contribution in [3.05, 3.63) is 12.2 Å². The Morgan fingerprint density at radius 2 is 2.18 bits per heavy atom. The summed E-state index contributed by atoms with van der Waals surface area (Å²) in [6, 6.07) is -0.390. The molecule has 1 heterocycles. The number of aliphatic hydroxyl groups is 1. The summed E-state index contributed by atoms with van der Waals surface area (Å²) in [6.45, 7) is 0. The standard InChI is InChI=1S/C12H19BO4/c1-15-9-6-10-8(5-12(14)17-10)7(9)3-4-11(13)16-2/h3-4,7-12,14H,5-6H2,1-2H3/b4-3+/t7-,8-,9-,10+,11?,12?/m1/s1. The molecule has 1 aliphatic heterocycles. The predicted molar refractivity (Wildman–Crippen MR) is 63.6 cm³/mol. The van der Waals surface area contributed by atoms with Crippen LogP contribution in [-0.4, -0.2) is 51.7 Å². The maximum Gasteiger partial charge on any atom is 0.155 e. The molecule has 0 aromatic carbocycles. The number of ether oxygens (including phenoxy) is 3. The fraction of sp³-hybridized carbons (Fsp3) is 0.833. The predicted octanol–water partition coefficient (Wildman–Crippen LogP) is 0.442. The van der Waals surface area contributed by atoms with Gasteiger partial charge in [-0.1, -0.05) is 12.2 Å². The minimum absolute atomic E-state index is 0.100. The van der Waals surface area contributed by atoms with Gasteiger partial charge in [0.25, 0.3) is 0 Å². The number of fused-ring (bicyclic) bond motifs is 1. The first-order chi connectivity index (χ1) is 8.15. The molecule has 0 amide bonds. The molecule has 17 heavy (non-hydrogen) atoms. The van der Waals surface area contributed by atoms with Gasteiger partial charge in [-0.3, -0.25) is 0 Å². The molecule has 2 aliphatic rings. The molecule has 0 spiro atoms. The smallest absolute Gasteiger partial charge is 0.155 e. The normalized spacial score (nSPS) is 43.1. The summed E-state index contributed by atoms with van der Waals surface area (Å²) in [4.78, 5) is 0.